The van der Waals surface area contributed by atoms with Gasteiger partial charge < -0.3 is 15.0 Å². The van der Waals surface area contributed by atoms with Gasteiger partial charge >= 0.3 is 0 Å². The van der Waals surface area contributed by atoms with Crippen molar-refractivity contribution in [3.63, 3.8) is 0 Å². The van der Waals surface area contributed by atoms with Gasteiger partial charge in [-0.1, -0.05) is 12.8 Å². The Kier molecular flexibility index (Phi) is 6.05. The van der Waals surface area contributed by atoms with Crippen LogP contribution in [-0.2, 0) is 14.3 Å². The highest BCUT2D eigenvalue weighted by molar-refractivity contribution is 5.80. The number of amides is 2. The van der Waals surface area contributed by atoms with E-state index in [4.69, 9.17) is 4.74 Å². The molecule has 0 aromatic carbocycles. The lowest BCUT2D eigenvalue weighted by molar-refractivity contribution is -0.148. The van der Waals surface area contributed by atoms with Crippen molar-refractivity contribution in [1.82, 2.24) is 10.2 Å². The molecule has 0 radical (unpaired) electrons. The van der Waals surface area contributed by atoms with Crippen molar-refractivity contribution in [2.45, 2.75) is 82.7 Å². The van der Waals surface area contributed by atoms with E-state index in [0.29, 0.717) is 23.7 Å². The van der Waals surface area contributed by atoms with Crippen molar-refractivity contribution in [3.05, 3.63) is 0 Å². The number of carbonyl (C=O) groups is 2. The SMILES string of the molecule is O=C(NCCC1CCOC2(CCN(C(=O)CC3CCCC3)CC2)C1)C1CC1. The number of carbonyl (C=O) groups excluding carboxylic acids is 2. The first kappa shape index (κ1) is 19.2. The van der Waals surface area contributed by atoms with Crippen molar-refractivity contribution in [2.24, 2.45) is 17.8 Å². The Morgan fingerprint density at radius 2 is 1.74 bits per heavy atom. The Labute approximate surface area is 163 Å². The fraction of sp³-hybridized carbons (Fsp3) is 0.909. The molecule has 1 spiro atoms. The fourth-order valence-electron chi connectivity index (χ4n) is 5.37. The molecule has 5 heteroatoms. The minimum absolute atomic E-state index is 0.0203. The molecule has 0 aromatic rings. The van der Waals surface area contributed by atoms with Gasteiger partial charge in [0.25, 0.3) is 0 Å². The third kappa shape index (κ3) is 5.04. The van der Waals surface area contributed by atoms with Crippen molar-refractivity contribution >= 4 is 11.8 Å². The zero-order chi connectivity index (χ0) is 18.7. The second kappa shape index (κ2) is 8.50. The molecule has 4 rings (SSSR count). The summed E-state index contributed by atoms with van der Waals surface area (Å²) in [5.74, 6) is 2.20. The average Bonchev–Trinajstić information content (AvgIpc) is 3.40. The Hall–Kier alpha value is -1.10. The number of nitrogens with zero attached hydrogens (tertiary/aromatic N) is 1. The summed E-state index contributed by atoms with van der Waals surface area (Å²) in [5, 5.41) is 3.11. The van der Waals surface area contributed by atoms with Gasteiger partial charge in [0.1, 0.15) is 0 Å². The minimum atomic E-state index is -0.0203. The molecule has 2 heterocycles. The number of rotatable bonds is 6. The predicted octanol–water partition coefficient (Wildman–Crippen LogP) is 3.27. The molecule has 4 aliphatic rings. The van der Waals surface area contributed by atoms with Gasteiger partial charge in [0.2, 0.25) is 11.8 Å². The van der Waals surface area contributed by atoms with Gasteiger partial charge in [0, 0.05) is 38.6 Å². The third-order valence-electron chi connectivity index (χ3n) is 7.36. The number of ether oxygens (including phenoxy) is 1. The monoisotopic (exact) mass is 376 g/mol. The van der Waals surface area contributed by atoms with Gasteiger partial charge in [-0.3, -0.25) is 9.59 Å². The lowest BCUT2D eigenvalue weighted by Crippen LogP contribution is -2.51. The number of hydrogen-bond donors (Lipinski definition) is 1. The van der Waals surface area contributed by atoms with Gasteiger partial charge in [-0.15, -0.1) is 0 Å². The maximum atomic E-state index is 12.6. The predicted molar refractivity (Wildman–Crippen MR) is 104 cm³/mol. The molecule has 5 nitrogen and oxygen atoms in total. The number of piperidine rings is 1. The maximum Gasteiger partial charge on any atom is 0.223 e. The Balaban J connectivity index is 1.19. The Morgan fingerprint density at radius 3 is 2.44 bits per heavy atom. The van der Waals surface area contributed by atoms with E-state index in [9.17, 15) is 9.59 Å². The maximum absolute atomic E-state index is 12.6. The van der Waals surface area contributed by atoms with E-state index in [0.717, 1.165) is 77.6 Å². The van der Waals surface area contributed by atoms with Crippen molar-refractivity contribution in [1.29, 1.82) is 0 Å². The highest BCUT2D eigenvalue weighted by Gasteiger charge is 2.41. The second-order valence-electron chi connectivity index (χ2n) is 9.48. The molecule has 1 unspecified atom stereocenters. The van der Waals surface area contributed by atoms with Crippen LogP contribution in [0.4, 0.5) is 0 Å². The van der Waals surface area contributed by atoms with E-state index in [1.54, 1.807) is 0 Å². The van der Waals surface area contributed by atoms with Crippen LogP contribution in [-0.4, -0.2) is 48.6 Å². The first-order valence-corrected chi connectivity index (χ1v) is 11.3. The molecule has 1 N–H and O–H groups in total. The molecule has 2 aliphatic heterocycles. The summed E-state index contributed by atoms with van der Waals surface area (Å²) in [4.78, 5) is 26.5. The van der Waals surface area contributed by atoms with E-state index in [1.165, 1.54) is 25.7 Å². The van der Waals surface area contributed by atoms with Crippen LogP contribution in [0.15, 0.2) is 0 Å². The number of hydrogen-bond acceptors (Lipinski definition) is 3. The van der Waals surface area contributed by atoms with Crippen LogP contribution in [0.3, 0.4) is 0 Å². The molecule has 1 atom stereocenters. The summed E-state index contributed by atoms with van der Waals surface area (Å²) in [7, 11) is 0. The van der Waals surface area contributed by atoms with Crippen LogP contribution >= 0.6 is 0 Å². The molecule has 2 saturated carbocycles. The lowest BCUT2D eigenvalue weighted by Gasteiger charge is -2.46. The van der Waals surface area contributed by atoms with Crippen LogP contribution in [0.1, 0.15) is 77.0 Å². The van der Waals surface area contributed by atoms with Gasteiger partial charge in [0.15, 0.2) is 0 Å². The molecule has 27 heavy (non-hydrogen) atoms. The molecule has 2 amide bonds. The molecule has 2 aliphatic carbocycles. The molecular weight excluding hydrogens is 340 g/mol. The van der Waals surface area contributed by atoms with E-state index < -0.39 is 0 Å². The summed E-state index contributed by atoms with van der Waals surface area (Å²) >= 11 is 0. The van der Waals surface area contributed by atoms with Crippen molar-refractivity contribution < 1.29 is 14.3 Å². The van der Waals surface area contributed by atoms with E-state index in [1.807, 2.05) is 0 Å². The summed E-state index contributed by atoms with van der Waals surface area (Å²) < 4.78 is 6.25. The topological polar surface area (TPSA) is 58.6 Å². The van der Waals surface area contributed by atoms with Crippen LogP contribution in [0.5, 0.6) is 0 Å². The zero-order valence-corrected chi connectivity index (χ0v) is 16.7. The standard InChI is InChI=1S/C22H36N2O3/c25-20(15-17-3-1-2-4-17)24-12-9-22(10-13-24)16-18(8-14-27-22)7-11-23-21(26)19-5-6-19/h17-19H,1-16H2,(H,23,26). The molecule has 2 saturated heterocycles. The summed E-state index contributed by atoms with van der Waals surface area (Å²) in [5.41, 5.74) is -0.0203. The minimum Gasteiger partial charge on any atom is -0.375 e. The van der Waals surface area contributed by atoms with Gasteiger partial charge in [0.05, 0.1) is 5.60 Å². The van der Waals surface area contributed by atoms with Gasteiger partial charge in [-0.25, -0.2) is 0 Å². The van der Waals surface area contributed by atoms with Crippen molar-refractivity contribution in [2.75, 3.05) is 26.2 Å². The lowest BCUT2D eigenvalue weighted by atomic mass is 9.78. The van der Waals surface area contributed by atoms with E-state index >= 15 is 0 Å². The Morgan fingerprint density at radius 1 is 1.00 bits per heavy atom. The highest BCUT2D eigenvalue weighted by atomic mass is 16.5. The molecule has 152 valence electrons. The first-order valence-electron chi connectivity index (χ1n) is 11.3. The largest absolute Gasteiger partial charge is 0.375 e. The summed E-state index contributed by atoms with van der Waals surface area (Å²) in [6.07, 6.45) is 13.2. The van der Waals surface area contributed by atoms with E-state index in [2.05, 4.69) is 10.2 Å². The summed E-state index contributed by atoms with van der Waals surface area (Å²) in [6.45, 7) is 3.35. The third-order valence-corrected chi connectivity index (χ3v) is 7.36. The normalized spacial score (nSPS) is 28.4. The molecule has 4 fully saturated rings. The first-order chi connectivity index (χ1) is 13.1. The highest BCUT2D eigenvalue weighted by Crippen LogP contribution is 2.39. The Bertz CT molecular complexity index is 532. The smallest absolute Gasteiger partial charge is 0.223 e. The van der Waals surface area contributed by atoms with Gasteiger partial charge in [-0.2, -0.15) is 0 Å². The zero-order valence-electron chi connectivity index (χ0n) is 16.7. The van der Waals surface area contributed by atoms with Crippen LogP contribution in [0.25, 0.3) is 0 Å². The van der Waals surface area contributed by atoms with Crippen LogP contribution in [0, 0.1) is 17.8 Å². The van der Waals surface area contributed by atoms with Crippen LogP contribution in [0.2, 0.25) is 0 Å². The van der Waals surface area contributed by atoms with E-state index in [-0.39, 0.29) is 11.5 Å². The quantitative estimate of drug-likeness (QED) is 0.774. The molecular formula is C22H36N2O3. The average molecular weight is 377 g/mol. The molecule has 0 aromatic heterocycles. The second-order valence-corrected chi connectivity index (χ2v) is 9.48. The number of nitrogens with one attached hydrogen (secondary N) is 1. The molecule has 0 bridgehead atoms. The van der Waals surface area contributed by atoms with Gasteiger partial charge in [-0.05, 0) is 69.6 Å². The van der Waals surface area contributed by atoms with Crippen molar-refractivity contribution in [3.8, 4) is 0 Å². The van der Waals surface area contributed by atoms with Crippen LogP contribution < -0.4 is 5.32 Å². The number of likely N-dealkylation sites (tertiary alicyclic amines) is 1. The summed E-state index contributed by atoms with van der Waals surface area (Å²) in [6, 6.07) is 0. The fourth-order valence-corrected chi connectivity index (χ4v) is 5.37.